The minimum Gasteiger partial charge on any atom is -0.465 e. The van der Waals surface area contributed by atoms with Gasteiger partial charge in [0, 0.05) is 6.07 Å². The Morgan fingerprint density at radius 2 is 2.00 bits per heavy atom. The molecule has 1 atom stereocenters. The van der Waals surface area contributed by atoms with Gasteiger partial charge < -0.3 is 15.2 Å². The number of carbonyl (C=O) groups is 3. The molecular formula is C14H16FNO5. The predicted molar refractivity (Wildman–Crippen MR) is 71.1 cm³/mol. The van der Waals surface area contributed by atoms with E-state index in [2.05, 4.69) is 4.74 Å². The Labute approximate surface area is 121 Å². The Balaban J connectivity index is 2.92. The van der Waals surface area contributed by atoms with Crippen molar-refractivity contribution < 1.29 is 28.2 Å². The number of esters is 1. The third-order valence-corrected chi connectivity index (χ3v) is 2.73. The first-order valence-electron chi connectivity index (χ1n) is 6.28. The zero-order chi connectivity index (χ0) is 16.0. The molecule has 6 nitrogen and oxygen atoms in total. The highest BCUT2D eigenvalue weighted by Gasteiger charge is 2.26. The third-order valence-electron chi connectivity index (χ3n) is 2.73. The van der Waals surface area contributed by atoms with Crippen LogP contribution < -0.4 is 10.5 Å². The SMILES string of the molecule is CCOC(=O)C(Cc1ccc(OC(N)=O)cc1F)C(C)=O. The highest BCUT2D eigenvalue weighted by Crippen LogP contribution is 2.20. The number of Topliss-reactive ketones (excluding diaryl/α,β-unsaturated/α-hetero) is 1. The minimum atomic E-state index is -1.07. The summed E-state index contributed by atoms with van der Waals surface area (Å²) in [7, 11) is 0. The number of ketones is 1. The van der Waals surface area contributed by atoms with Crippen LogP contribution in [0.25, 0.3) is 0 Å². The molecule has 0 spiro atoms. The lowest BCUT2D eigenvalue weighted by atomic mass is 9.95. The number of nitrogens with two attached hydrogens (primary N) is 1. The summed E-state index contributed by atoms with van der Waals surface area (Å²) in [4.78, 5) is 33.7. The number of rotatable bonds is 6. The van der Waals surface area contributed by atoms with E-state index < -0.39 is 29.6 Å². The second-order valence-electron chi connectivity index (χ2n) is 4.29. The van der Waals surface area contributed by atoms with E-state index in [1.54, 1.807) is 6.92 Å². The first kappa shape index (κ1) is 16.6. The largest absolute Gasteiger partial charge is 0.465 e. The normalized spacial score (nSPS) is 11.6. The van der Waals surface area contributed by atoms with Crippen LogP contribution in [0, 0.1) is 11.7 Å². The van der Waals surface area contributed by atoms with E-state index in [0.717, 1.165) is 6.07 Å². The minimum absolute atomic E-state index is 0.0562. The zero-order valence-electron chi connectivity index (χ0n) is 11.7. The van der Waals surface area contributed by atoms with Gasteiger partial charge in [-0.2, -0.15) is 0 Å². The summed E-state index contributed by atoms with van der Waals surface area (Å²) in [6, 6.07) is 3.61. The molecule has 1 rings (SSSR count). The van der Waals surface area contributed by atoms with Crippen molar-refractivity contribution in [3.05, 3.63) is 29.6 Å². The van der Waals surface area contributed by atoms with Gasteiger partial charge in [-0.25, -0.2) is 9.18 Å². The van der Waals surface area contributed by atoms with Gasteiger partial charge in [-0.3, -0.25) is 9.59 Å². The second-order valence-corrected chi connectivity index (χ2v) is 4.29. The van der Waals surface area contributed by atoms with E-state index >= 15 is 0 Å². The Morgan fingerprint density at radius 3 is 2.48 bits per heavy atom. The van der Waals surface area contributed by atoms with Crippen molar-refractivity contribution in [2.24, 2.45) is 11.7 Å². The summed E-state index contributed by atoms with van der Waals surface area (Å²) in [5.41, 5.74) is 4.96. The molecule has 0 aliphatic heterocycles. The van der Waals surface area contributed by atoms with E-state index in [0.29, 0.717) is 0 Å². The highest BCUT2D eigenvalue weighted by atomic mass is 19.1. The van der Waals surface area contributed by atoms with E-state index in [1.165, 1.54) is 19.1 Å². The molecule has 0 fully saturated rings. The lowest BCUT2D eigenvalue weighted by molar-refractivity contribution is -0.151. The Hall–Kier alpha value is -2.44. The number of hydrogen-bond donors (Lipinski definition) is 1. The zero-order valence-corrected chi connectivity index (χ0v) is 11.7. The van der Waals surface area contributed by atoms with Gasteiger partial charge in [0.1, 0.15) is 23.3 Å². The molecule has 1 amide bonds. The number of halogens is 1. The van der Waals surface area contributed by atoms with Crippen molar-refractivity contribution in [2.45, 2.75) is 20.3 Å². The molecule has 0 heterocycles. The van der Waals surface area contributed by atoms with Crippen LogP contribution in [0.3, 0.4) is 0 Å². The van der Waals surface area contributed by atoms with Crippen molar-refractivity contribution in [1.29, 1.82) is 0 Å². The summed E-state index contributed by atoms with van der Waals surface area (Å²) in [6.07, 6.45) is -1.19. The number of amides is 1. The highest BCUT2D eigenvalue weighted by molar-refractivity contribution is 5.98. The van der Waals surface area contributed by atoms with Crippen molar-refractivity contribution in [2.75, 3.05) is 6.61 Å². The number of primary amides is 1. The van der Waals surface area contributed by atoms with Crippen LogP contribution in [-0.4, -0.2) is 24.5 Å². The third kappa shape index (κ3) is 4.87. The topological polar surface area (TPSA) is 95.7 Å². The second kappa shape index (κ2) is 7.37. The van der Waals surface area contributed by atoms with Gasteiger partial charge in [-0.1, -0.05) is 6.07 Å². The fraction of sp³-hybridized carbons (Fsp3) is 0.357. The molecule has 0 radical (unpaired) electrons. The summed E-state index contributed by atoms with van der Waals surface area (Å²) in [5.74, 6) is -2.93. The summed E-state index contributed by atoms with van der Waals surface area (Å²) in [5, 5.41) is 0. The molecule has 0 saturated heterocycles. The Morgan fingerprint density at radius 1 is 1.33 bits per heavy atom. The lowest BCUT2D eigenvalue weighted by Crippen LogP contribution is -2.26. The lowest BCUT2D eigenvalue weighted by Gasteiger charge is -2.13. The first-order valence-corrected chi connectivity index (χ1v) is 6.28. The maximum Gasteiger partial charge on any atom is 0.409 e. The number of ether oxygens (including phenoxy) is 2. The van der Waals surface area contributed by atoms with Crippen LogP contribution >= 0.6 is 0 Å². The molecule has 0 aliphatic rings. The maximum atomic E-state index is 13.9. The first-order chi connectivity index (χ1) is 9.85. The van der Waals surface area contributed by atoms with Crippen LogP contribution in [0.5, 0.6) is 5.75 Å². The molecule has 114 valence electrons. The van der Waals surface area contributed by atoms with Crippen LogP contribution in [0.4, 0.5) is 9.18 Å². The van der Waals surface area contributed by atoms with Crippen molar-refractivity contribution >= 4 is 17.8 Å². The fourth-order valence-electron chi connectivity index (χ4n) is 1.73. The van der Waals surface area contributed by atoms with E-state index in [4.69, 9.17) is 10.5 Å². The predicted octanol–water partition coefficient (Wildman–Crippen LogP) is 1.59. The molecule has 0 aromatic heterocycles. The standard InChI is InChI=1S/C14H16FNO5/c1-3-20-13(18)11(8(2)17)6-9-4-5-10(7-12(9)15)21-14(16)19/h4-5,7,11H,3,6H2,1-2H3,(H2,16,19). The van der Waals surface area contributed by atoms with Crippen LogP contribution in [0.1, 0.15) is 19.4 Å². The molecule has 1 aromatic carbocycles. The Kier molecular flexibility index (Phi) is 5.83. The summed E-state index contributed by atoms with van der Waals surface area (Å²) in [6.45, 7) is 2.99. The Bertz CT molecular complexity index is 558. The molecule has 0 aliphatic carbocycles. The van der Waals surface area contributed by atoms with Gasteiger partial charge in [0.25, 0.3) is 0 Å². The molecule has 7 heteroatoms. The average Bonchev–Trinajstić information content (AvgIpc) is 2.36. The molecule has 1 unspecified atom stereocenters. The monoisotopic (exact) mass is 297 g/mol. The number of benzene rings is 1. The quantitative estimate of drug-likeness (QED) is 0.635. The van der Waals surface area contributed by atoms with Crippen LogP contribution in [0.15, 0.2) is 18.2 Å². The van der Waals surface area contributed by atoms with E-state index in [1.807, 2.05) is 0 Å². The van der Waals surface area contributed by atoms with Crippen molar-refractivity contribution in [3.8, 4) is 5.75 Å². The van der Waals surface area contributed by atoms with Gasteiger partial charge in [0.15, 0.2) is 0 Å². The summed E-state index contributed by atoms with van der Waals surface area (Å²) >= 11 is 0. The molecule has 0 bridgehead atoms. The maximum absolute atomic E-state index is 13.9. The molecule has 0 saturated carbocycles. The van der Waals surface area contributed by atoms with Crippen LogP contribution in [0.2, 0.25) is 0 Å². The average molecular weight is 297 g/mol. The summed E-state index contributed by atoms with van der Waals surface area (Å²) < 4.78 is 23.2. The van der Waals surface area contributed by atoms with E-state index in [9.17, 15) is 18.8 Å². The van der Waals surface area contributed by atoms with E-state index in [-0.39, 0.29) is 24.3 Å². The van der Waals surface area contributed by atoms with Crippen molar-refractivity contribution in [3.63, 3.8) is 0 Å². The van der Waals surface area contributed by atoms with Gasteiger partial charge in [-0.05, 0) is 31.9 Å². The molecule has 1 aromatic rings. The number of hydrogen-bond acceptors (Lipinski definition) is 5. The van der Waals surface area contributed by atoms with Crippen molar-refractivity contribution in [1.82, 2.24) is 0 Å². The van der Waals surface area contributed by atoms with Crippen LogP contribution in [-0.2, 0) is 20.7 Å². The van der Waals surface area contributed by atoms with Gasteiger partial charge >= 0.3 is 12.1 Å². The molecular weight excluding hydrogens is 281 g/mol. The van der Waals surface area contributed by atoms with Gasteiger partial charge in [0.2, 0.25) is 0 Å². The molecule has 21 heavy (non-hydrogen) atoms. The fourth-order valence-corrected chi connectivity index (χ4v) is 1.73. The molecule has 2 N–H and O–H groups in total. The van der Waals surface area contributed by atoms with Gasteiger partial charge in [0.05, 0.1) is 6.61 Å². The van der Waals surface area contributed by atoms with Gasteiger partial charge in [-0.15, -0.1) is 0 Å². The smallest absolute Gasteiger partial charge is 0.409 e. The number of carbonyl (C=O) groups excluding carboxylic acids is 3.